The quantitative estimate of drug-likeness (QED) is 0.570. The van der Waals surface area contributed by atoms with Gasteiger partial charge in [-0.1, -0.05) is 72.3 Å². The molecule has 31 heavy (non-hydrogen) atoms. The third-order valence-electron chi connectivity index (χ3n) is 5.50. The van der Waals surface area contributed by atoms with Gasteiger partial charge in [-0.3, -0.25) is 9.59 Å². The van der Waals surface area contributed by atoms with Crippen LogP contribution in [0.3, 0.4) is 0 Å². The Bertz CT molecular complexity index is 898. The molecular formula is C22H27Cl2N3O3S. The summed E-state index contributed by atoms with van der Waals surface area (Å²) in [5.74, 6) is -0.660. The highest BCUT2D eigenvalue weighted by Crippen LogP contribution is 2.32. The van der Waals surface area contributed by atoms with Crippen LogP contribution in [0.2, 0.25) is 9.36 Å². The molecule has 2 aromatic rings. The minimum atomic E-state index is -0.832. The summed E-state index contributed by atoms with van der Waals surface area (Å²) in [6.07, 6.45) is 5.28. The highest BCUT2D eigenvalue weighted by atomic mass is 35.5. The molecule has 0 radical (unpaired) electrons. The van der Waals surface area contributed by atoms with E-state index >= 15 is 0 Å². The molecular weight excluding hydrogens is 457 g/mol. The van der Waals surface area contributed by atoms with Gasteiger partial charge in [0, 0.05) is 19.7 Å². The van der Waals surface area contributed by atoms with E-state index in [0.29, 0.717) is 0 Å². The zero-order valence-electron chi connectivity index (χ0n) is 17.7. The number of amides is 2. The predicted octanol–water partition coefficient (Wildman–Crippen LogP) is 5.04. The van der Waals surface area contributed by atoms with Crippen LogP contribution in [0.15, 0.2) is 24.3 Å². The number of nitrogens with zero attached hydrogens (tertiary/aromatic N) is 2. The molecule has 1 aliphatic carbocycles. The number of carbonyl (C=O) groups excluding carboxylic acids is 2. The Morgan fingerprint density at radius 1 is 1.23 bits per heavy atom. The number of aryl methyl sites for hydroxylation is 1. The molecule has 1 aliphatic rings. The Morgan fingerprint density at radius 2 is 1.90 bits per heavy atom. The van der Waals surface area contributed by atoms with Crippen molar-refractivity contribution in [2.24, 2.45) is 0 Å². The first-order chi connectivity index (χ1) is 14.9. The lowest BCUT2D eigenvalue weighted by Crippen LogP contribution is -2.48. The number of aromatic nitrogens is 1. The molecule has 0 bridgehead atoms. The molecule has 1 unspecified atom stereocenters. The molecule has 1 fully saturated rings. The van der Waals surface area contributed by atoms with Crippen LogP contribution in [0.5, 0.6) is 0 Å². The van der Waals surface area contributed by atoms with Gasteiger partial charge in [-0.15, -0.1) is 0 Å². The smallest absolute Gasteiger partial charge is 0.276 e. The first kappa shape index (κ1) is 24.0. The molecule has 3 rings (SSSR count). The molecule has 1 aromatic carbocycles. The van der Waals surface area contributed by atoms with Crippen molar-refractivity contribution in [3.63, 3.8) is 0 Å². The number of hydrogen-bond acceptors (Lipinski definition) is 5. The second-order valence-electron chi connectivity index (χ2n) is 7.77. The summed E-state index contributed by atoms with van der Waals surface area (Å²) >= 11 is 13.2. The second-order valence-corrected chi connectivity index (χ2v) is 9.52. The standard InChI is InChI=1S/C22H27Cl2N3O3S/c1-14-8-10-15(11-9-14)19(21(28)25-16-6-4-3-5-7-16)27(12-13-30-2)22(29)18-17(23)20(24)31-26-18/h8-11,16,19H,3-7,12-13H2,1-2H3,(H,25,28). The summed E-state index contributed by atoms with van der Waals surface area (Å²) in [7, 11) is 1.55. The van der Waals surface area contributed by atoms with E-state index in [1.54, 1.807) is 7.11 Å². The lowest BCUT2D eigenvalue weighted by molar-refractivity contribution is -0.127. The van der Waals surface area contributed by atoms with Crippen LogP contribution in [0.4, 0.5) is 0 Å². The maximum absolute atomic E-state index is 13.5. The van der Waals surface area contributed by atoms with E-state index in [-0.39, 0.29) is 40.2 Å². The molecule has 1 atom stereocenters. The average molecular weight is 484 g/mol. The first-order valence-electron chi connectivity index (χ1n) is 10.4. The second kappa shape index (κ2) is 11.3. The maximum atomic E-state index is 13.5. The van der Waals surface area contributed by atoms with Crippen LogP contribution >= 0.6 is 34.7 Å². The van der Waals surface area contributed by atoms with Crippen molar-refractivity contribution in [1.29, 1.82) is 0 Å². The number of hydrogen-bond donors (Lipinski definition) is 1. The molecule has 0 aliphatic heterocycles. The van der Waals surface area contributed by atoms with Gasteiger partial charge in [-0.05, 0) is 36.9 Å². The SMILES string of the molecule is COCCN(C(=O)c1nsc(Cl)c1Cl)C(C(=O)NC1CCCCC1)c1ccc(C)cc1. The summed E-state index contributed by atoms with van der Waals surface area (Å²) in [5.41, 5.74) is 1.84. The van der Waals surface area contributed by atoms with E-state index in [0.717, 1.165) is 48.3 Å². The third-order valence-corrected chi connectivity index (χ3v) is 7.11. The molecule has 168 valence electrons. The summed E-state index contributed by atoms with van der Waals surface area (Å²) in [6, 6.07) is 6.91. The molecule has 1 aromatic heterocycles. The van der Waals surface area contributed by atoms with Crippen LogP contribution in [0.1, 0.15) is 59.8 Å². The van der Waals surface area contributed by atoms with Crippen molar-refractivity contribution < 1.29 is 14.3 Å². The monoisotopic (exact) mass is 483 g/mol. The molecule has 1 heterocycles. The van der Waals surface area contributed by atoms with Crippen molar-refractivity contribution in [2.75, 3.05) is 20.3 Å². The average Bonchev–Trinajstić information content (AvgIpc) is 3.10. The first-order valence-corrected chi connectivity index (χ1v) is 11.9. The van der Waals surface area contributed by atoms with Gasteiger partial charge < -0.3 is 15.0 Å². The van der Waals surface area contributed by atoms with E-state index < -0.39 is 11.9 Å². The van der Waals surface area contributed by atoms with E-state index in [9.17, 15) is 9.59 Å². The summed E-state index contributed by atoms with van der Waals surface area (Å²) in [6.45, 7) is 2.45. The highest BCUT2D eigenvalue weighted by molar-refractivity contribution is 7.11. The number of rotatable bonds is 8. The zero-order chi connectivity index (χ0) is 22.4. The highest BCUT2D eigenvalue weighted by Gasteiger charge is 2.35. The Labute approximate surface area is 197 Å². The molecule has 2 amide bonds. The fourth-order valence-corrected chi connectivity index (χ4v) is 4.80. The Kier molecular flexibility index (Phi) is 8.72. The van der Waals surface area contributed by atoms with Crippen molar-refractivity contribution in [3.05, 3.63) is 50.4 Å². The van der Waals surface area contributed by atoms with Crippen molar-refractivity contribution in [2.45, 2.75) is 51.1 Å². The summed E-state index contributed by atoms with van der Waals surface area (Å²) in [5, 5.41) is 3.27. The summed E-state index contributed by atoms with van der Waals surface area (Å²) in [4.78, 5) is 28.4. The van der Waals surface area contributed by atoms with E-state index in [4.69, 9.17) is 27.9 Å². The number of methoxy groups -OCH3 is 1. The minimum Gasteiger partial charge on any atom is -0.383 e. The van der Waals surface area contributed by atoms with Crippen LogP contribution in [-0.4, -0.2) is 47.4 Å². The van der Waals surface area contributed by atoms with Gasteiger partial charge in [0.2, 0.25) is 5.91 Å². The fourth-order valence-electron chi connectivity index (χ4n) is 3.81. The topological polar surface area (TPSA) is 71.5 Å². The van der Waals surface area contributed by atoms with Crippen LogP contribution in [0, 0.1) is 6.92 Å². The number of halogens is 2. The molecule has 0 spiro atoms. The fraction of sp³-hybridized carbons (Fsp3) is 0.500. The third kappa shape index (κ3) is 5.98. The van der Waals surface area contributed by atoms with Gasteiger partial charge in [0.1, 0.15) is 15.4 Å². The zero-order valence-corrected chi connectivity index (χ0v) is 20.0. The van der Waals surface area contributed by atoms with Gasteiger partial charge >= 0.3 is 0 Å². The molecule has 1 saturated carbocycles. The van der Waals surface area contributed by atoms with E-state index in [1.807, 2.05) is 31.2 Å². The lowest BCUT2D eigenvalue weighted by atomic mass is 9.94. The largest absolute Gasteiger partial charge is 0.383 e. The van der Waals surface area contributed by atoms with Crippen LogP contribution < -0.4 is 5.32 Å². The summed E-state index contributed by atoms with van der Waals surface area (Å²) < 4.78 is 9.60. The number of nitrogens with one attached hydrogen (secondary N) is 1. The Morgan fingerprint density at radius 3 is 2.48 bits per heavy atom. The predicted molar refractivity (Wildman–Crippen MR) is 124 cm³/mol. The van der Waals surface area contributed by atoms with Gasteiger partial charge in [0.15, 0.2) is 5.69 Å². The lowest BCUT2D eigenvalue weighted by Gasteiger charge is -2.33. The van der Waals surface area contributed by atoms with Crippen molar-refractivity contribution in [1.82, 2.24) is 14.6 Å². The Balaban J connectivity index is 1.97. The molecule has 6 nitrogen and oxygen atoms in total. The Hall–Kier alpha value is -1.67. The van der Waals surface area contributed by atoms with Gasteiger partial charge in [0.05, 0.1) is 6.61 Å². The minimum absolute atomic E-state index is 0.0512. The van der Waals surface area contributed by atoms with E-state index in [2.05, 4.69) is 9.69 Å². The van der Waals surface area contributed by atoms with Crippen LogP contribution in [-0.2, 0) is 9.53 Å². The molecule has 1 N–H and O–H groups in total. The number of benzene rings is 1. The van der Waals surface area contributed by atoms with Crippen LogP contribution in [0.25, 0.3) is 0 Å². The van der Waals surface area contributed by atoms with Gasteiger partial charge in [-0.2, -0.15) is 4.37 Å². The normalized spacial score (nSPS) is 15.5. The van der Waals surface area contributed by atoms with Crippen molar-refractivity contribution in [3.8, 4) is 0 Å². The van der Waals surface area contributed by atoms with Gasteiger partial charge in [0.25, 0.3) is 5.91 Å². The molecule has 0 saturated heterocycles. The maximum Gasteiger partial charge on any atom is 0.276 e. The van der Waals surface area contributed by atoms with Gasteiger partial charge in [-0.25, -0.2) is 0 Å². The van der Waals surface area contributed by atoms with E-state index in [1.165, 1.54) is 11.3 Å². The van der Waals surface area contributed by atoms with Crippen molar-refractivity contribution >= 4 is 46.5 Å². The number of carbonyl (C=O) groups is 2. The molecule has 9 heteroatoms. The number of ether oxygens (including phenoxy) is 1.